The molecule has 1 heterocycles. The number of hydrogen-bond donors (Lipinski definition) is 2. The highest BCUT2D eigenvalue weighted by Gasteiger charge is 2.53. The minimum absolute atomic E-state index is 0.0276. The highest BCUT2D eigenvalue weighted by atomic mass is 28.4. The average Bonchev–Trinajstić information content (AvgIpc) is 4.07. The first-order valence-electron chi connectivity index (χ1n) is 25.0. The first-order valence-corrected chi connectivity index (χ1v) is 32.7. The molecule has 67 heavy (non-hydrogen) atoms. The first kappa shape index (κ1) is 57.2. The predicted molar refractivity (Wildman–Crippen MR) is 286 cm³/mol. The summed E-state index contributed by atoms with van der Waals surface area (Å²) in [6.07, 6.45) is 0.339. The lowest BCUT2D eigenvalue weighted by Gasteiger charge is -2.43. The molecule has 376 valence electrons. The SMILES string of the molecule is COc1ccc(CO[C@H](CCO[Si](c2ccccc2)(c2ccccc2)C(C)(C)C)[C@H](C)[C@@H]2O[C@H]2[C@H](O)[C@@H](C)/C=C(\C)[C@H](O[Si](C)(C)C(C)(C)C)[C@@H](C)[C@H](O)[C@@H](C)CO[Si](C)(C)C(C)(C)C)cc1. The predicted octanol–water partition coefficient (Wildman–Crippen LogP) is 11.9. The van der Waals surface area contributed by atoms with Crippen LogP contribution in [0.1, 0.15) is 109 Å². The number of methoxy groups -OCH3 is 1. The van der Waals surface area contributed by atoms with Gasteiger partial charge >= 0.3 is 0 Å². The number of aliphatic hydroxyl groups is 2. The second-order valence-electron chi connectivity index (χ2n) is 23.9. The minimum Gasteiger partial charge on any atom is -0.497 e. The Kier molecular flexibility index (Phi) is 19.8. The van der Waals surface area contributed by atoms with Crippen molar-refractivity contribution < 1.29 is 37.7 Å². The minimum atomic E-state index is -2.77. The first-order chi connectivity index (χ1) is 31.0. The van der Waals surface area contributed by atoms with E-state index in [4.69, 9.17) is 27.5 Å². The van der Waals surface area contributed by atoms with Crippen LogP contribution in [0.25, 0.3) is 0 Å². The van der Waals surface area contributed by atoms with E-state index in [1.807, 2.05) is 24.3 Å². The van der Waals surface area contributed by atoms with E-state index in [-0.39, 0.29) is 63.2 Å². The van der Waals surface area contributed by atoms with Crippen molar-refractivity contribution in [2.45, 2.75) is 188 Å². The van der Waals surface area contributed by atoms with Gasteiger partial charge in [0, 0.05) is 36.9 Å². The Labute approximate surface area is 411 Å². The number of rotatable bonds is 24. The molecule has 10 atom stereocenters. The molecule has 0 spiro atoms. The van der Waals surface area contributed by atoms with Crippen LogP contribution in [0.2, 0.25) is 41.3 Å². The molecule has 0 radical (unpaired) electrons. The van der Waals surface area contributed by atoms with E-state index in [0.29, 0.717) is 26.2 Å². The van der Waals surface area contributed by atoms with E-state index in [0.717, 1.165) is 16.9 Å². The summed E-state index contributed by atoms with van der Waals surface area (Å²) in [6.45, 7) is 41.4. The molecule has 2 N–H and O–H groups in total. The van der Waals surface area contributed by atoms with Crippen molar-refractivity contribution in [1.29, 1.82) is 0 Å². The van der Waals surface area contributed by atoms with E-state index in [9.17, 15) is 10.2 Å². The number of benzene rings is 3. The zero-order valence-corrected chi connectivity index (χ0v) is 48.1. The smallest absolute Gasteiger partial charge is 0.261 e. The summed E-state index contributed by atoms with van der Waals surface area (Å²) in [4.78, 5) is 0. The van der Waals surface area contributed by atoms with Gasteiger partial charge in [0.25, 0.3) is 8.32 Å². The fourth-order valence-electron chi connectivity index (χ4n) is 8.93. The maximum atomic E-state index is 12.0. The number of hydrogen-bond acceptors (Lipinski definition) is 8. The monoisotopic (exact) mass is 977 g/mol. The highest BCUT2D eigenvalue weighted by Crippen LogP contribution is 2.43. The highest BCUT2D eigenvalue weighted by molar-refractivity contribution is 6.99. The third-order valence-electron chi connectivity index (χ3n) is 15.6. The van der Waals surface area contributed by atoms with Crippen LogP contribution >= 0.6 is 0 Å². The topological polar surface area (TPSA) is 99.1 Å². The van der Waals surface area contributed by atoms with Crippen LogP contribution in [0.5, 0.6) is 5.75 Å². The quantitative estimate of drug-likeness (QED) is 0.0520. The molecule has 4 rings (SSSR count). The molecule has 1 saturated heterocycles. The summed E-state index contributed by atoms with van der Waals surface area (Å²) >= 11 is 0. The van der Waals surface area contributed by atoms with Gasteiger partial charge in [0.2, 0.25) is 0 Å². The van der Waals surface area contributed by atoms with Gasteiger partial charge in [0.1, 0.15) is 11.9 Å². The van der Waals surface area contributed by atoms with Gasteiger partial charge in [0.15, 0.2) is 16.6 Å². The van der Waals surface area contributed by atoms with Crippen LogP contribution in [-0.4, -0.2) is 92.1 Å². The van der Waals surface area contributed by atoms with Gasteiger partial charge in [-0.15, -0.1) is 0 Å². The lowest BCUT2D eigenvalue weighted by molar-refractivity contribution is -0.0146. The molecular formula is C56H92O8Si3. The van der Waals surface area contributed by atoms with Crippen LogP contribution in [0, 0.1) is 23.7 Å². The second-order valence-corrected chi connectivity index (χ2v) is 37.8. The zero-order chi connectivity index (χ0) is 50.3. The molecule has 0 unspecified atom stereocenters. The van der Waals surface area contributed by atoms with Gasteiger partial charge in [-0.2, -0.15) is 0 Å². The van der Waals surface area contributed by atoms with Crippen LogP contribution < -0.4 is 15.1 Å². The van der Waals surface area contributed by atoms with Crippen molar-refractivity contribution in [2.75, 3.05) is 20.3 Å². The number of aliphatic hydroxyl groups excluding tert-OH is 2. The van der Waals surface area contributed by atoms with Crippen molar-refractivity contribution >= 4 is 35.3 Å². The molecule has 0 saturated carbocycles. The van der Waals surface area contributed by atoms with Crippen LogP contribution in [0.3, 0.4) is 0 Å². The Balaban J connectivity index is 1.57. The van der Waals surface area contributed by atoms with E-state index in [2.05, 4.69) is 190 Å². The molecule has 8 nitrogen and oxygen atoms in total. The molecule has 0 aliphatic carbocycles. The largest absolute Gasteiger partial charge is 0.497 e. The Morgan fingerprint density at radius 1 is 0.701 bits per heavy atom. The Bertz CT molecular complexity index is 1930. The number of epoxide rings is 1. The van der Waals surface area contributed by atoms with Crippen LogP contribution in [-0.2, 0) is 29.4 Å². The summed E-state index contributed by atoms with van der Waals surface area (Å²) in [7, 11) is -5.37. The molecule has 0 aromatic heterocycles. The summed E-state index contributed by atoms with van der Waals surface area (Å²) in [5.74, 6) is 0.263. The molecule has 1 fully saturated rings. The van der Waals surface area contributed by atoms with E-state index >= 15 is 0 Å². The van der Waals surface area contributed by atoms with Crippen molar-refractivity contribution in [3.63, 3.8) is 0 Å². The summed E-state index contributed by atoms with van der Waals surface area (Å²) in [5, 5.41) is 26.4. The van der Waals surface area contributed by atoms with Gasteiger partial charge < -0.3 is 37.7 Å². The van der Waals surface area contributed by atoms with Gasteiger partial charge in [0.05, 0.1) is 44.2 Å². The van der Waals surface area contributed by atoms with E-state index in [1.54, 1.807) is 7.11 Å². The van der Waals surface area contributed by atoms with Crippen molar-refractivity contribution in [3.05, 3.63) is 102 Å². The molecule has 0 amide bonds. The summed E-state index contributed by atoms with van der Waals surface area (Å²) < 4.78 is 39.9. The third-order valence-corrected chi connectivity index (χ3v) is 29.6. The third kappa shape index (κ3) is 14.4. The van der Waals surface area contributed by atoms with Crippen LogP contribution in [0.15, 0.2) is 96.6 Å². The molecule has 3 aromatic carbocycles. The lowest BCUT2D eigenvalue weighted by atomic mass is 9.85. The van der Waals surface area contributed by atoms with E-state index in [1.165, 1.54) is 10.4 Å². The normalized spacial score (nSPS) is 20.3. The van der Waals surface area contributed by atoms with Gasteiger partial charge in [-0.1, -0.05) is 169 Å². The van der Waals surface area contributed by atoms with Gasteiger partial charge in [-0.05, 0) is 88.3 Å². The zero-order valence-electron chi connectivity index (χ0n) is 45.1. The Hall–Kier alpha value is -2.43. The fourth-order valence-corrected chi connectivity index (χ4v) is 16.0. The maximum absolute atomic E-state index is 12.0. The van der Waals surface area contributed by atoms with Crippen molar-refractivity contribution in [1.82, 2.24) is 0 Å². The standard InChI is InChI=1S/C56H92O8Si3/c1-39(36-40(2)51(64-66(18,19)55(9,10)11)43(5)49(57)41(3)37-62-65(16,17)54(6,7)8)50(58)53-52(63-53)42(4)48(60-38-44-30-32-45(59-15)33-31-44)34-35-61-67(56(12,13)14,46-26-22-20-23-27-46)47-28-24-21-25-29-47/h20-33,36,39,41-43,48-53,57-58H,34-35,37-38H2,1-19H3/b40-36+/t39-,41-,42-,43-,48+,49+,50+,51-,52-,53-/m0/s1. The summed E-state index contributed by atoms with van der Waals surface area (Å²) in [6, 6.07) is 29.5. The van der Waals surface area contributed by atoms with Crippen LogP contribution in [0.4, 0.5) is 0 Å². The fraction of sp³-hybridized carbons (Fsp3) is 0.643. The van der Waals surface area contributed by atoms with Gasteiger partial charge in [-0.25, -0.2) is 0 Å². The molecular weight excluding hydrogens is 885 g/mol. The van der Waals surface area contributed by atoms with Crippen molar-refractivity contribution in [3.8, 4) is 5.75 Å². The van der Waals surface area contributed by atoms with Gasteiger partial charge in [-0.3, -0.25) is 0 Å². The average molecular weight is 978 g/mol. The molecule has 1 aliphatic heterocycles. The summed E-state index contributed by atoms with van der Waals surface area (Å²) in [5.41, 5.74) is 2.08. The Morgan fingerprint density at radius 2 is 1.22 bits per heavy atom. The number of ether oxygens (including phenoxy) is 3. The second kappa shape index (κ2) is 23.2. The maximum Gasteiger partial charge on any atom is 0.261 e. The van der Waals surface area contributed by atoms with E-state index < -0.39 is 37.2 Å². The van der Waals surface area contributed by atoms with Crippen molar-refractivity contribution in [2.24, 2.45) is 23.7 Å². The molecule has 3 aromatic rings. The lowest BCUT2D eigenvalue weighted by Crippen LogP contribution is -2.66. The Morgan fingerprint density at radius 3 is 1.70 bits per heavy atom. The molecule has 1 aliphatic rings. The molecule has 0 bridgehead atoms. The molecule has 11 heteroatoms.